The molecular formula is C16H19N5O3. The molecule has 126 valence electrons. The van der Waals surface area contributed by atoms with Crippen molar-refractivity contribution in [2.24, 2.45) is 0 Å². The topological polar surface area (TPSA) is 93.3 Å². The van der Waals surface area contributed by atoms with E-state index >= 15 is 0 Å². The molecule has 0 saturated carbocycles. The van der Waals surface area contributed by atoms with E-state index in [1.807, 2.05) is 11.9 Å². The Morgan fingerprint density at radius 2 is 1.96 bits per heavy atom. The summed E-state index contributed by atoms with van der Waals surface area (Å²) in [6.45, 7) is 1.46. The van der Waals surface area contributed by atoms with Crippen LogP contribution in [0.3, 0.4) is 0 Å². The molecule has 24 heavy (non-hydrogen) atoms. The first-order valence-electron chi connectivity index (χ1n) is 7.84. The molecule has 8 nitrogen and oxygen atoms in total. The molecule has 1 amide bonds. The second kappa shape index (κ2) is 6.79. The molecule has 0 atom stereocenters. The number of nitro groups is 1. The largest absolute Gasteiger partial charge is 0.338 e. The number of likely N-dealkylation sites (tertiary alicyclic amines) is 1. The van der Waals surface area contributed by atoms with E-state index in [4.69, 9.17) is 0 Å². The zero-order valence-corrected chi connectivity index (χ0v) is 13.4. The number of hydrogen-bond acceptors (Lipinski definition) is 5. The minimum absolute atomic E-state index is 0.0228. The Bertz CT molecular complexity index is 732. The fraction of sp³-hybridized carbons (Fsp3) is 0.375. The molecule has 0 aliphatic carbocycles. The maximum Gasteiger partial charge on any atom is 0.269 e. The average molecular weight is 329 g/mol. The molecule has 0 radical (unpaired) electrons. The van der Waals surface area contributed by atoms with Crippen LogP contribution in [-0.4, -0.2) is 51.7 Å². The van der Waals surface area contributed by atoms with Crippen LogP contribution < -0.4 is 5.32 Å². The first-order chi connectivity index (χ1) is 11.6. The van der Waals surface area contributed by atoms with Gasteiger partial charge in [0, 0.05) is 37.5 Å². The third-order valence-corrected chi connectivity index (χ3v) is 4.35. The first-order valence-corrected chi connectivity index (χ1v) is 7.84. The SMILES string of the molecule is CNC1CCN(C(=O)c2cnn(-c3ccc([N+](=O)[O-])cc3)c2)CC1. The van der Waals surface area contributed by atoms with Gasteiger partial charge in [-0.2, -0.15) is 5.10 Å². The van der Waals surface area contributed by atoms with E-state index in [9.17, 15) is 14.9 Å². The predicted molar refractivity (Wildman–Crippen MR) is 88.2 cm³/mol. The lowest BCUT2D eigenvalue weighted by molar-refractivity contribution is -0.384. The van der Waals surface area contributed by atoms with Crippen molar-refractivity contribution in [3.63, 3.8) is 0 Å². The van der Waals surface area contributed by atoms with Crippen LogP contribution in [0.1, 0.15) is 23.2 Å². The number of rotatable bonds is 4. The minimum atomic E-state index is -0.448. The molecular weight excluding hydrogens is 310 g/mol. The summed E-state index contributed by atoms with van der Waals surface area (Å²) < 4.78 is 1.55. The maximum atomic E-state index is 12.5. The fourth-order valence-corrected chi connectivity index (χ4v) is 2.86. The fourth-order valence-electron chi connectivity index (χ4n) is 2.86. The molecule has 1 saturated heterocycles. The predicted octanol–water partition coefficient (Wildman–Crippen LogP) is 1.60. The van der Waals surface area contributed by atoms with Gasteiger partial charge in [0.1, 0.15) is 0 Å². The number of carbonyl (C=O) groups excluding carboxylic acids is 1. The number of nitrogens with one attached hydrogen (secondary N) is 1. The Labute approximate surface area is 139 Å². The smallest absolute Gasteiger partial charge is 0.269 e. The van der Waals surface area contributed by atoms with E-state index in [1.54, 1.807) is 23.0 Å². The Balaban J connectivity index is 1.71. The van der Waals surface area contributed by atoms with E-state index in [1.165, 1.54) is 18.3 Å². The van der Waals surface area contributed by atoms with Crippen molar-refractivity contribution >= 4 is 11.6 Å². The summed E-state index contributed by atoms with van der Waals surface area (Å²) in [7, 11) is 1.94. The van der Waals surface area contributed by atoms with Crippen molar-refractivity contribution in [3.8, 4) is 5.69 Å². The lowest BCUT2D eigenvalue weighted by atomic mass is 10.0. The number of piperidine rings is 1. The molecule has 1 aliphatic heterocycles. The Hall–Kier alpha value is -2.74. The van der Waals surface area contributed by atoms with Crippen molar-refractivity contribution in [2.75, 3.05) is 20.1 Å². The summed E-state index contributed by atoms with van der Waals surface area (Å²) in [5.41, 5.74) is 1.22. The van der Waals surface area contributed by atoms with Gasteiger partial charge in [0.05, 0.1) is 22.4 Å². The van der Waals surface area contributed by atoms with Crippen molar-refractivity contribution < 1.29 is 9.72 Å². The molecule has 0 spiro atoms. The third kappa shape index (κ3) is 3.28. The number of hydrogen-bond donors (Lipinski definition) is 1. The second-order valence-electron chi connectivity index (χ2n) is 5.80. The van der Waals surface area contributed by atoms with Gasteiger partial charge in [-0.1, -0.05) is 0 Å². The maximum absolute atomic E-state index is 12.5. The number of aromatic nitrogens is 2. The van der Waals surface area contributed by atoms with Gasteiger partial charge >= 0.3 is 0 Å². The molecule has 0 unspecified atom stereocenters. The molecule has 1 aromatic carbocycles. The van der Waals surface area contributed by atoms with Gasteiger partial charge < -0.3 is 10.2 Å². The molecule has 1 fully saturated rings. The van der Waals surface area contributed by atoms with Gasteiger partial charge in [-0.05, 0) is 32.0 Å². The molecule has 8 heteroatoms. The first kappa shape index (κ1) is 16.1. The van der Waals surface area contributed by atoms with E-state index < -0.39 is 4.92 Å². The quantitative estimate of drug-likeness (QED) is 0.679. The van der Waals surface area contributed by atoms with E-state index in [-0.39, 0.29) is 11.6 Å². The summed E-state index contributed by atoms with van der Waals surface area (Å²) in [5.74, 6) is -0.0299. The summed E-state index contributed by atoms with van der Waals surface area (Å²) in [4.78, 5) is 24.6. The highest BCUT2D eigenvalue weighted by molar-refractivity contribution is 5.93. The third-order valence-electron chi connectivity index (χ3n) is 4.35. The lowest BCUT2D eigenvalue weighted by Crippen LogP contribution is -2.43. The Morgan fingerprint density at radius 1 is 1.29 bits per heavy atom. The summed E-state index contributed by atoms with van der Waals surface area (Å²) in [5, 5.41) is 18.1. The number of non-ortho nitro benzene ring substituents is 1. The van der Waals surface area contributed by atoms with Crippen molar-refractivity contribution in [1.29, 1.82) is 0 Å². The van der Waals surface area contributed by atoms with Crippen molar-refractivity contribution in [3.05, 3.63) is 52.3 Å². The molecule has 3 rings (SSSR count). The molecule has 2 heterocycles. The number of carbonyl (C=O) groups is 1. The molecule has 1 N–H and O–H groups in total. The normalized spacial score (nSPS) is 15.5. The highest BCUT2D eigenvalue weighted by Crippen LogP contribution is 2.17. The summed E-state index contributed by atoms with van der Waals surface area (Å²) in [6.07, 6.45) is 5.08. The zero-order chi connectivity index (χ0) is 17.1. The van der Waals surface area contributed by atoms with Crippen LogP contribution in [-0.2, 0) is 0 Å². The van der Waals surface area contributed by atoms with Crippen LogP contribution in [0.2, 0.25) is 0 Å². The Kier molecular flexibility index (Phi) is 4.57. The number of nitrogens with zero attached hydrogens (tertiary/aromatic N) is 4. The number of nitro benzene ring substituents is 1. The van der Waals surface area contributed by atoms with Crippen LogP contribution in [0, 0.1) is 10.1 Å². The average Bonchev–Trinajstić information content (AvgIpc) is 3.11. The van der Waals surface area contributed by atoms with Gasteiger partial charge in [0.2, 0.25) is 0 Å². The van der Waals surface area contributed by atoms with Crippen LogP contribution in [0.15, 0.2) is 36.7 Å². The van der Waals surface area contributed by atoms with E-state index in [2.05, 4.69) is 10.4 Å². The van der Waals surface area contributed by atoms with Crippen LogP contribution in [0.5, 0.6) is 0 Å². The van der Waals surface area contributed by atoms with Crippen LogP contribution in [0.25, 0.3) is 5.69 Å². The molecule has 2 aromatic rings. The van der Waals surface area contributed by atoms with Crippen molar-refractivity contribution in [2.45, 2.75) is 18.9 Å². The van der Waals surface area contributed by atoms with Gasteiger partial charge in [0.15, 0.2) is 0 Å². The Morgan fingerprint density at radius 3 is 2.54 bits per heavy atom. The van der Waals surface area contributed by atoms with Crippen molar-refractivity contribution in [1.82, 2.24) is 20.0 Å². The summed E-state index contributed by atoms with van der Waals surface area (Å²) in [6, 6.07) is 6.52. The molecule has 1 aromatic heterocycles. The zero-order valence-electron chi connectivity index (χ0n) is 13.4. The van der Waals surface area contributed by atoms with Gasteiger partial charge in [0.25, 0.3) is 11.6 Å². The summed E-state index contributed by atoms with van der Waals surface area (Å²) >= 11 is 0. The highest BCUT2D eigenvalue weighted by Gasteiger charge is 2.23. The number of benzene rings is 1. The number of amides is 1. The lowest BCUT2D eigenvalue weighted by Gasteiger charge is -2.31. The van der Waals surface area contributed by atoms with Crippen LogP contribution >= 0.6 is 0 Å². The molecule has 0 bridgehead atoms. The monoisotopic (exact) mass is 329 g/mol. The standard InChI is InChI=1S/C16H19N5O3/c1-17-13-6-8-19(9-7-13)16(22)12-10-18-20(11-12)14-2-4-15(5-3-14)21(23)24/h2-5,10-11,13,17H,6-9H2,1H3. The van der Waals surface area contributed by atoms with E-state index in [0.29, 0.717) is 17.3 Å². The van der Waals surface area contributed by atoms with Gasteiger partial charge in [-0.15, -0.1) is 0 Å². The van der Waals surface area contributed by atoms with Crippen LogP contribution in [0.4, 0.5) is 5.69 Å². The van der Waals surface area contributed by atoms with Gasteiger partial charge in [-0.25, -0.2) is 4.68 Å². The molecule has 1 aliphatic rings. The second-order valence-corrected chi connectivity index (χ2v) is 5.80. The van der Waals surface area contributed by atoms with E-state index in [0.717, 1.165) is 25.9 Å². The minimum Gasteiger partial charge on any atom is -0.338 e. The van der Waals surface area contributed by atoms with Gasteiger partial charge in [-0.3, -0.25) is 14.9 Å². The highest BCUT2D eigenvalue weighted by atomic mass is 16.6.